The van der Waals surface area contributed by atoms with E-state index in [2.05, 4.69) is 67.0 Å². The van der Waals surface area contributed by atoms with E-state index < -0.39 is 26.5 Å². The first-order valence-corrected chi connectivity index (χ1v) is 20.3. The zero-order valence-electron chi connectivity index (χ0n) is 30.6. The minimum Gasteiger partial charge on any atom is -0.462 e. The van der Waals surface area contributed by atoms with Crippen LogP contribution in [0.5, 0.6) is 0 Å². The largest absolute Gasteiger partial charge is 0.472 e. The van der Waals surface area contributed by atoms with Crippen molar-refractivity contribution in [2.45, 2.75) is 168 Å². The van der Waals surface area contributed by atoms with Crippen LogP contribution >= 0.6 is 7.82 Å². The number of hydrogen-bond donors (Lipinski definition) is 1. The van der Waals surface area contributed by atoms with Crippen molar-refractivity contribution < 1.29 is 37.6 Å². The molecule has 0 aromatic rings. The number of hydrogen-bond acceptors (Lipinski definition) is 7. The highest BCUT2D eigenvalue weighted by Crippen LogP contribution is 2.42. The minimum atomic E-state index is -4.26. The van der Waals surface area contributed by atoms with Crippen LogP contribution in [-0.2, 0) is 32.7 Å². The Morgan fingerprint density at radius 1 is 0.604 bits per heavy atom. The number of rotatable bonds is 34. The van der Waals surface area contributed by atoms with Gasteiger partial charge in [0.05, 0.1) is 6.61 Å². The monoisotopic (exact) mass is 696 g/mol. The molecule has 0 aromatic heterocycles. The van der Waals surface area contributed by atoms with Crippen molar-refractivity contribution in [3.63, 3.8) is 0 Å². The van der Waals surface area contributed by atoms with Crippen LogP contribution in [0.1, 0.15) is 162 Å². The quantitative estimate of drug-likeness (QED) is 0.0306. The zero-order chi connectivity index (χ0) is 35.4. The van der Waals surface area contributed by atoms with Crippen molar-refractivity contribution in [3.8, 4) is 0 Å². The van der Waals surface area contributed by atoms with Crippen molar-refractivity contribution in [1.29, 1.82) is 0 Å². The van der Waals surface area contributed by atoms with E-state index in [1.165, 1.54) is 57.8 Å². The zero-order valence-corrected chi connectivity index (χ0v) is 31.5. The van der Waals surface area contributed by atoms with Crippen LogP contribution in [0.25, 0.3) is 0 Å². The maximum absolute atomic E-state index is 12.4. The number of carbonyl (C=O) groups excluding carboxylic acids is 2. The number of phosphoric ester groups is 1. The summed E-state index contributed by atoms with van der Waals surface area (Å²) in [4.78, 5) is 34.3. The highest BCUT2D eigenvalue weighted by atomic mass is 31.2. The molecular formula is C39H69O8P. The lowest BCUT2D eigenvalue weighted by Crippen LogP contribution is -2.29. The Morgan fingerprint density at radius 3 is 1.58 bits per heavy atom. The van der Waals surface area contributed by atoms with E-state index in [0.717, 1.165) is 77.7 Å². The van der Waals surface area contributed by atoms with E-state index >= 15 is 0 Å². The van der Waals surface area contributed by atoms with E-state index in [4.69, 9.17) is 14.0 Å². The molecule has 0 radical (unpaired) electrons. The molecule has 278 valence electrons. The first-order chi connectivity index (χ1) is 23.3. The van der Waals surface area contributed by atoms with Gasteiger partial charge in [0.25, 0.3) is 0 Å². The fraction of sp³-hybridized carbons (Fsp3) is 0.744. The molecule has 0 saturated carbocycles. The van der Waals surface area contributed by atoms with Crippen molar-refractivity contribution >= 4 is 19.8 Å². The molecule has 0 saturated heterocycles. The lowest BCUT2D eigenvalue weighted by molar-refractivity contribution is -0.161. The molecule has 0 aliphatic rings. The van der Waals surface area contributed by atoms with E-state index in [1.54, 1.807) is 0 Å². The molecule has 0 bridgehead atoms. The highest BCUT2D eigenvalue weighted by Gasteiger charge is 2.24. The van der Waals surface area contributed by atoms with Crippen LogP contribution in [0.3, 0.4) is 0 Å². The van der Waals surface area contributed by atoms with Crippen molar-refractivity contribution in [2.75, 3.05) is 20.3 Å². The summed E-state index contributed by atoms with van der Waals surface area (Å²) in [5, 5.41) is 0. The molecule has 2 unspecified atom stereocenters. The first-order valence-electron chi connectivity index (χ1n) is 18.8. The fourth-order valence-corrected chi connectivity index (χ4v) is 5.40. The summed E-state index contributed by atoms with van der Waals surface area (Å²) in [6.07, 6.45) is 40.2. The van der Waals surface area contributed by atoms with Crippen molar-refractivity contribution in [2.24, 2.45) is 0 Å². The van der Waals surface area contributed by atoms with Gasteiger partial charge in [-0.1, -0.05) is 146 Å². The molecule has 0 spiro atoms. The number of phosphoric acid groups is 1. The predicted octanol–water partition coefficient (Wildman–Crippen LogP) is 11.4. The Labute approximate surface area is 293 Å². The maximum Gasteiger partial charge on any atom is 0.472 e. The van der Waals surface area contributed by atoms with E-state index in [9.17, 15) is 19.0 Å². The lowest BCUT2D eigenvalue weighted by Gasteiger charge is -2.19. The third-order valence-electron chi connectivity index (χ3n) is 7.84. The summed E-state index contributed by atoms with van der Waals surface area (Å²) in [7, 11) is -3.21. The molecular weight excluding hydrogens is 627 g/mol. The van der Waals surface area contributed by atoms with Crippen molar-refractivity contribution in [1.82, 2.24) is 0 Å². The molecule has 0 heterocycles. The normalized spacial score (nSPS) is 14.0. The molecule has 0 aliphatic heterocycles. The summed E-state index contributed by atoms with van der Waals surface area (Å²) in [6.45, 7) is 3.73. The van der Waals surface area contributed by atoms with E-state index in [0.29, 0.717) is 6.42 Å². The standard InChI is InChI=1S/C39H69O8P/c1-4-6-8-10-12-14-16-18-19-20-21-22-24-26-28-30-32-34-39(41)47-37(36-46-48(42,43)44-3)35-45-38(40)33-31-29-27-25-23-17-15-13-11-9-7-5-2/h6,8,12,14,18-19,21-22,37H,4-5,7,9-11,13,15-17,20,23-36H2,1-3H3,(H,42,43)/b8-6-,14-12-,19-18-,22-21-. The fourth-order valence-electron chi connectivity index (χ4n) is 4.94. The van der Waals surface area contributed by atoms with Gasteiger partial charge in [0.2, 0.25) is 0 Å². The topological polar surface area (TPSA) is 108 Å². The van der Waals surface area contributed by atoms with Gasteiger partial charge in [-0.25, -0.2) is 4.57 Å². The maximum atomic E-state index is 12.4. The van der Waals surface area contributed by atoms with Crippen LogP contribution < -0.4 is 0 Å². The van der Waals surface area contributed by atoms with Gasteiger partial charge >= 0.3 is 19.8 Å². The molecule has 0 rings (SSSR count). The Hall–Kier alpha value is -1.99. The molecule has 8 nitrogen and oxygen atoms in total. The van der Waals surface area contributed by atoms with E-state index in [1.807, 2.05) is 0 Å². The summed E-state index contributed by atoms with van der Waals surface area (Å²) in [6, 6.07) is 0. The summed E-state index contributed by atoms with van der Waals surface area (Å²) in [5.74, 6) is -0.833. The van der Waals surface area contributed by atoms with Gasteiger partial charge in [-0.15, -0.1) is 0 Å². The van der Waals surface area contributed by atoms with Gasteiger partial charge < -0.3 is 14.4 Å². The number of allylic oxidation sites excluding steroid dienone is 8. The van der Waals surface area contributed by atoms with Crippen LogP contribution in [0.15, 0.2) is 48.6 Å². The Bertz CT molecular complexity index is 927. The molecule has 2 atom stereocenters. The van der Waals surface area contributed by atoms with Gasteiger partial charge in [0.15, 0.2) is 6.10 Å². The van der Waals surface area contributed by atoms with Crippen LogP contribution in [0, 0.1) is 0 Å². The Balaban J connectivity index is 4.12. The molecule has 48 heavy (non-hydrogen) atoms. The molecule has 0 amide bonds. The first kappa shape index (κ1) is 46.0. The summed E-state index contributed by atoms with van der Waals surface area (Å²) in [5.41, 5.74) is 0. The van der Waals surface area contributed by atoms with Gasteiger partial charge in [-0.2, -0.15) is 0 Å². The third-order valence-corrected chi connectivity index (χ3v) is 8.77. The SMILES string of the molecule is CC/C=C\C/C=C\C/C=C\C/C=C\CCCCCCC(=O)OC(COC(=O)CCCCCCCCCCCCCC)COP(=O)(O)OC. The molecule has 9 heteroatoms. The molecule has 0 aliphatic carbocycles. The predicted molar refractivity (Wildman–Crippen MR) is 198 cm³/mol. The van der Waals surface area contributed by atoms with Gasteiger partial charge in [-0.3, -0.25) is 18.6 Å². The number of ether oxygens (including phenoxy) is 2. The van der Waals surface area contributed by atoms with Crippen LogP contribution in [0.2, 0.25) is 0 Å². The Morgan fingerprint density at radius 2 is 1.06 bits per heavy atom. The minimum absolute atomic E-state index is 0.217. The molecule has 0 aromatic carbocycles. The van der Waals surface area contributed by atoms with Crippen LogP contribution in [-0.4, -0.2) is 43.3 Å². The van der Waals surface area contributed by atoms with Gasteiger partial charge in [0, 0.05) is 20.0 Å². The second-order valence-electron chi connectivity index (χ2n) is 12.3. The number of unbranched alkanes of at least 4 members (excludes halogenated alkanes) is 15. The average Bonchev–Trinajstić information content (AvgIpc) is 3.07. The number of esters is 2. The number of carbonyl (C=O) groups is 2. The summed E-state index contributed by atoms with van der Waals surface area (Å²) < 4.78 is 31.8. The third kappa shape index (κ3) is 33.9. The van der Waals surface area contributed by atoms with Crippen LogP contribution in [0.4, 0.5) is 0 Å². The molecule has 0 fully saturated rings. The second-order valence-corrected chi connectivity index (χ2v) is 13.9. The van der Waals surface area contributed by atoms with Crippen molar-refractivity contribution in [3.05, 3.63) is 48.6 Å². The Kier molecular flexibility index (Phi) is 33.4. The summed E-state index contributed by atoms with van der Waals surface area (Å²) >= 11 is 0. The lowest BCUT2D eigenvalue weighted by atomic mass is 10.0. The smallest absolute Gasteiger partial charge is 0.462 e. The highest BCUT2D eigenvalue weighted by molar-refractivity contribution is 7.47. The second kappa shape index (κ2) is 34.9. The van der Waals surface area contributed by atoms with E-state index in [-0.39, 0.29) is 25.4 Å². The average molecular weight is 697 g/mol. The van der Waals surface area contributed by atoms with Gasteiger partial charge in [-0.05, 0) is 51.4 Å². The molecule has 1 N–H and O–H groups in total. The van der Waals surface area contributed by atoms with Gasteiger partial charge in [0.1, 0.15) is 6.61 Å².